The van der Waals surface area contributed by atoms with E-state index in [-0.39, 0.29) is 11.9 Å². The Morgan fingerprint density at radius 3 is 2.75 bits per heavy atom. The highest BCUT2D eigenvalue weighted by atomic mass is 16.6. The van der Waals surface area contributed by atoms with Crippen LogP contribution in [0.4, 0.5) is 11.5 Å². The summed E-state index contributed by atoms with van der Waals surface area (Å²) < 4.78 is 1.20. The summed E-state index contributed by atoms with van der Waals surface area (Å²) in [5, 5.41) is 14.7. The third-order valence-electron chi connectivity index (χ3n) is 4.99. The van der Waals surface area contributed by atoms with Crippen LogP contribution in [-0.4, -0.2) is 38.3 Å². The lowest BCUT2D eigenvalue weighted by molar-refractivity contribution is -0.385. The fraction of sp³-hybridized carbons (Fsp3) is 0.300. The molecule has 28 heavy (non-hydrogen) atoms. The average molecular weight is 379 g/mol. The zero-order chi connectivity index (χ0) is 19.5. The Morgan fingerprint density at radius 2 is 1.96 bits per heavy atom. The first-order chi connectivity index (χ1) is 13.6. The van der Waals surface area contributed by atoms with Crippen LogP contribution in [0.2, 0.25) is 0 Å². The molecule has 8 nitrogen and oxygen atoms in total. The number of likely N-dealkylation sites (tertiary alicyclic amines) is 1. The van der Waals surface area contributed by atoms with Crippen LogP contribution in [0.15, 0.2) is 59.5 Å². The third kappa shape index (κ3) is 3.72. The maximum Gasteiger partial charge on any atom is 0.376 e. The summed E-state index contributed by atoms with van der Waals surface area (Å²) in [5.74, 6) is 0.0489. The number of hydrogen-bond acceptors (Lipinski definition) is 6. The zero-order valence-electron chi connectivity index (χ0n) is 15.3. The number of benzene rings is 1. The van der Waals surface area contributed by atoms with Crippen molar-refractivity contribution in [2.45, 2.75) is 25.4 Å². The van der Waals surface area contributed by atoms with E-state index in [1.54, 1.807) is 18.2 Å². The van der Waals surface area contributed by atoms with E-state index >= 15 is 0 Å². The van der Waals surface area contributed by atoms with Gasteiger partial charge in [-0.25, -0.2) is 4.98 Å². The van der Waals surface area contributed by atoms with Crippen molar-refractivity contribution in [2.75, 3.05) is 18.4 Å². The van der Waals surface area contributed by atoms with E-state index in [0.29, 0.717) is 5.65 Å². The van der Waals surface area contributed by atoms with E-state index in [2.05, 4.69) is 27.3 Å². The molecule has 144 valence electrons. The number of aromatic nitrogens is 2. The predicted octanol–water partition coefficient (Wildman–Crippen LogP) is 2.68. The van der Waals surface area contributed by atoms with Gasteiger partial charge in [0.15, 0.2) is 0 Å². The molecule has 0 aliphatic carbocycles. The zero-order valence-corrected chi connectivity index (χ0v) is 15.3. The quantitative estimate of drug-likeness (QED) is 0.541. The van der Waals surface area contributed by atoms with E-state index in [1.165, 1.54) is 16.2 Å². The lowest BCUT2D eigenvalue weighted by atomic mass is 10.0. The van der Waals surface area contributed by atoms with Crippen LogP contribution >= 0.6 is 0 Å². The first-order valence-corrected chi connectivity index (χ1v) is 9.30. The van der Waals surface area contributed by atoms with Crippen LogP contribution in [0.5, 0.6) is 0 Å². The van der Waals surface area contributed by atoms with Crippen molar-refractivity contribution >= 4 is 17.2 Å². The molecule has 2 aromatic heterocycles. The number of pyridine rings is 1. The van der Waals surface area contributed by atoms with Crippen LogP contribution < -0.4 is 10.9 Å². The molecule has 0 bridgehead atoms. The number of hydrogen-bond donors (Lipinski definition) is 1. The molecule has 4 rings (SSSR count). The number of rotatable bonds is 5. The monoisotopic (exact) mass is 379 g/mol. The number of nitro groups is 1. The van der Waals surface area contributed by atoms with E-state index in [4.69, 9.17) is 0 Å². The Hall–Kier alpha value is -3.26. The Bertz CT molecular complexity index is 1050. The first kappa shape index (κ1) is 18.1. The highest BCUT2D eigenvalue weighted by molar-refractivity contribution is 5.60. The standard InChI is InChI=1S/C20H21N5O3/c26-20-18(25(27)28)19(22-17-10-4-5-12-24(17)20)21-16-9-6-11-23(14-16)13-15-7-2-1-3-8-15/h1-5,7-8,10,12,16,21H,6,9,11,13-14H2. The van der Waals surface area contributed by atoms with Gasteiger partial charge in [0.05, 0.1) is 4.92 Å². The number of fused-ring (bicyclic) bond motifs is 1. The molecule has 1 saturated heterocycles. The molecule has 1 aliphatic heterocycles. The van der Waals surface area contributed by atoms with Crippen molar-refractivity contribution < 1.29 is 4.92 Å². The van der Waals surface area contributed by atoms with Gasteiger partial charge in [-0.2, -0.15) is 0 Å². The van der Waals surface area contributed by atoms with Crippen molar-refractivity contribution in [1.82, 2.24) is 14.3 Å². The van der Waals surface area contributed by atoms with E-state index in [0.717, 1.165) is 32.5 Å². The first-order valence-electron chi connectivity index (χ1n) is 9.30. The molecule has 0 spiro atoms. The molecule has 0 radical (unpaired) electrons. The van der Waals surface area contributed by atoms with Gasteiger partial charge in [-0.3, -0.25) is 24.2 Å². The van der Waals surface area contributed by atoms with Crippen LogP contribution in [0.1, 0.15) is 18.4 Å². The lowest BCUT2D eigenvalue weighted by Crippen LogP contribution is -2.42. The summed E-state index contributed by atoms with van der Waals surface area (Å²) in [5.41, 5.74) is 0.438. The summed E-state index contributed by atoms with van der Waals surface area (Å²) in [6, 6.07) is 15.3. The van der Waals surface area contributed by atoms with Crippen molar-refractivity contribution in [3.05, 3.63) is 80.8 Å². The van der Waals surface area contributed by atoms with Gasteiger partial charge in [0.25, 0.3) is 0 Å². The van der Waals surface area contributed by atoms with Crippen molar-refractivity contribution in [3.8, 4) is 0 Å². The van der Waals surface area contributed by atoms with Gasteiger partial charge in [0, 0.05) is 25.3 Å². The normalized spacial score (nSPS) is 17.5. The third-order valence-corrected chi connectivity index (χ3v) is 4.99. The minimum atomic E-state index is -0.671. The molecule has 8 heteroatoms. The van der Waals surface area contributed by atoms with Gasteiger partial charge in [0.2, 0.25) is 5.82 Å². The van der Waals surface area contributed by atoms with Crippen LogP contribution in [0, 0.1) is 10.1 Å². The van der Waals surface area contributed by atoms with Crippen LogP contribution in [0.25, 0.3) is 5.65 Å². The average Bonchev–Trinajstić information content (AvgIpc) is 2.69. The highest BCUT2D eigenvalue weighted by Crippen LogP contribution is 2.22. The van der Waals surface area contributed by atoms with Gasteiger partial charge in [-0.05, 0) is 37.1 Å². The summed E-state index contributed by atoms with van der Waals surface area (Å²) in [6.45, 7) is 2.54. The fourth-order valence-corrected chi connectivity index (χ4v) is 3.70. The van der Waals surface area contributed by atoms with Gasteiger partial charge < -0.3 is 5.32 Å². The molecular weight excluding hydrogens is 358 g/mol. The van der Waals surface area contributed by atoms with Gasteiger partial charge in [-0.15, -0.1) is 0 Å². The highest BCUT2D eigenvalue weighted by Gasteiger charge is 2.27. The van der Waals surface area contributed by atoms with Crippen LogP contribution in [-0.2, 0) is 6.54 Å². The second-order valence-electron chi connectivity index (χ2n) is 7.00. The molecule has 1 fully saturated rings. The Balaban J connectivity index is 1.58. The van der Waals surface area contributed by atoms with Crippen molar-refractivity contribution in [3.63, 3.8) is 0 Å². The fourth-order valence-electron chi connectivity index (χ4n) is 3.70. The SMILES string of the molecule is O=c1c([N+](=O)[O-])c(NC2CCCN(Cc3ccccc3)C2)nc2ccccn12. The topological polar surface area (TPSA) is 92.8 Å². The summed E-state index contributed by atoms with van der Waals surface area (Å²) in [4.78, 5) is 30.1. The second kappa shape index (κ2) is 7.77. The van der Waals surface area contributed by atoms with Gasteiger partial charge in [0.1, 0.15) is 5.65 Å². The Morgan fingerprint density at radius 1 is 1.18 bits per heavy atom. The molecule has 1 unspecified atom stereocenters. The Kier molecular flexibility index (Phi) is 5.03. The summed E-state index contributed by atoms with van der Waals surface area (Å²) >= 11 is 0. The van der Waals surface area contributed by atoms with Crippen molar-refractivity contribution in [2.24, 2.45) is 0 Å². The molecule has 1 aliphatic rings. The van der Waals surface area contributed by atoms with Crippen molar-refractivity contribution in [1.29, 1.82) is 0 Å². The Labute approximate surface area is 161 Å². The maximum atomic E-state index is 12.6. The minimum Gasteiger partial charge on any atom is -0.360 e. The molecule has 3 aromatic rings. The minimum absolute atomic E-state index is 0.00535. The van der Waals surface area contributed by atoms with E-state index in [1.807, 2.05) is 18.2 Å². The largest absolute Gasteiger partial charge is 0.376 e. The van der Waals surface area contributed by atoms with Gasteiger partial charge >= 0.3 is 11.2 Å². The predicted molar refractivity (Wildman–Crippen MR) is 106 cm³/mol. The smallest absolute Gasteiger partial charge is 0.360 e. The summed E-state index contributed by atoms with van der Waals surface area (Å²) in [6.07, 6.45) is 3.34. The second-order valence-corrected chi connectivity index (χ2v) is 7.00. The number of anilines is 1. The molecule has 1 atom stereocenters. The number of piperidine rings is 1. The molecule has 0 saturated carbocycles. The van der Waals surface area contributed by atoms with Gasteiger partial charge in [-0.1, -0.05) is 36.4 Å². The molecular formula is C20H21N5O3. The number of nitrogens with zero attached hydrogens (tertiary/aromatic N) is 4. The molecule has 3 heterocycles. The van der Waals surface area contributed by atoms with E-state index < -0.39 is 16.2 Å². The molecule has 1 aromatic carbocycles. The molecule has 0 amide bonds. The van der Waals surface area contributed by atoms with E-state index in [9.17, 15) is 14.9 Å². The summed E-state index contributed by atoms with van der Waals surface area (Å²) in [7, 11) is 0. The lowest BCUT2D eigenvalue weighted by Gasteiger charge is -2.33. The molecule has 1 N–H and O–H groups in total. The maximum absolute atomic E-state index is 12.6. The van der Waals surface area contributed by atoms with Crippen LogP contribution in [0.3, 0.4) is 0 Å². The number of nitrogens with one attached hydrogen (secondary N) is 1.